The molecule has 0 bridgehead atoms. The predicted molar refractivity (Wildman–Crippen MR) is 337 cm³/mol. The number of hydrogen-bond acceptors (Lipinski definition) is 7. The highest BCUT2D eigenvalue weighted by Crippen LogP contribution is 2.16. The van der Waals surface area contributed by atoms with Crippen LogP contribution < -0.4 is 31.9 Å². The Morgan fingerprint density at radius 1 is 0.256 bits per heavy atom. The molecule has 0 radical (unpaired) electrons. The highest BCUT2D eigenvalue weighted by Gasteiger charge is 2.16. The molecule has 0 heterocycles. The van der Waals surface area contributed by atoms with E-state index in [0.29, 0.717) is 57.8 Å². The van der Waals surface area contributed by atoms with Crippen molar-refractivity contribution in [2.75, 3.05) is 72.0 Å². The van der Waals surface area contributed by atoms with Gasteiger partial charge in [0, 0.05) is 78.0 Å². The molecular formula is C67H135N7O4. The van der Waals surface area contributed by atoms with E-state index in [0.717, 1.165) is 90.8 Å². The van der Waals surface area contributed by atoms with Crippen LogP contribution >= 0.6 is 0 Å². The summed E-state index contributed by atoms with van der Waals surface area (Å²) in [6, 6.07) is 0. The van der Waals surface area contributed by atoms with E-state index in [-0.39, 0.29) is 23.6 Å². The van der Waals surface area contributed by atoms with Crippen LogP contribution in [0.1, 0.15) is 329 Å². The van der Waals surface area contributed by atoms with Gasteiger partial charge in [-0.1, -0.05) is 259 Å². The summed E-state index contributed by atoms with van der Waals surface area (Å²) in [6.07, 6.45) is 56.2. The topological polar surface area (TPSA) is 144 Å². The van der Waals surface area contributed by atoms with Crippen LogP contribution in [0, 0.1) is 5.92 Å². The van der Waals surface area contributed by atoms with Gasteiger partial charge < -0.3 is 36.8 Å². The summed E-state index contributed by atoms with van der Waals surface area (Å²) in [5.74, 6) is 0.876. The number of unbranched alkanes of at least 4 members (excludes halogenated alkanes) is 36. The largest absolute Gasteiger partial charge is 0.356 e. The van der Waals surface area contributed by atoms with Gasteiger partial charge in [-0.15, -0.1) is 0 Å². The average Bonchev–Trinajstić information content (AvgIpc) is 3.43. The molecule has 0 saturated carbocycles. The lowest BCUT2D eigenvalue weighted by atomic mass is 9.96. The Labute approximate surface area is 485 Å². The summed E-state index contributed by atoms with van der Waals surface area (Å²) < 4.78 is 0. The summed E-state index contributed by atoms with van der Waals surface area (Å²) in [5.41, 5.74) is 0. The summed E-state index contributed by atoms with van der Waals surface area (Å²) in [7, 11) is 0. The fourth-order valence-electron chi connectivity index (χ4n) is 10.6. The molecule has 0 spiro atoms. The van der Waals surface area contributed by atoms with Crippen LogP contribution in [0.5, 0.6) is 0 Å². The number of nitrogens with one attached hydrogen (secondary N) is 6. The molecule has 0 aromatic carbocycles. The van der Waals surface area contributed by atoms with Crippen molar-refractivity contribution in [2.45, 2.75) is 329 Å². The van der Waals surface area contributed by atoms with E-state index in [1.807, 2.05) is 0 Å². The minimum atomic E-state index is 0.103. The van der Waals surface area contributed by atoms with Gasteiger partial charge in [0.05, 0.1) is 0 Å². The van der Waals surface area contributed by atoms with E-state index in [1.54, 1.807) is 0 Å². The zero-order valence-corrected chi connectivity index (χ0v) is 52.7. The van der Waals surface area contributed by atoms with Crippen molar-refractivity contribution < 1.29 is 19.2 Å². The monoisotopic (exact) mass is 1100 g/mol. The molecule has 0 atom stereocenters. The van der Waals surface area contributed by atoms with E-state index in [4.69, 9.17) is 0 Å². The van der Waals surface area contributed by atoms with Crippen molar-refractivity contribution in [2.24, 2.45) is 5.92 Å². The Morgan fingerprint density at radius 3 is 0.744 bits per heavy atom. The molecule has 0 aliphatic heterocycles. The van der Waals surface area contributed by atoms with Gasteiger partial charge in [0.1, 0.15) is 0 Å². The molecule has 0 unspecified atom stereocenters. The van der Waals surface area contributed by atoms with Gasteiger partial charge in [0.15, 0.2) is 0 Å². The summed E-state index contributed by atoms with van der Waals surface area (Å²) in [5, 5.41) is 19.8. The average molecular weight is 1100 g/mol. The number of amides is 4. The Bertz CT molecular complexity index is 1180. The van der Waals surface area contributed by atoms with Gasteiger partial charge in [0.25, 0.3) is 0 Å². The van der Waals surface area contributed by atoms with Crippen molar-refractivity contribution >= 4 is 23.6 Å². The Balaban J connectivity index is 5.17. The number of rotatable bonds is 65. The van der Waals surface area contributed by atoms with Crippen molar-refractivity contribution in [3.63, 3.8) is 0 Å². The molecule has 4 amide bonds. The lowest BCUT2D eigenvalue weighted by Crippen LogP contribution is -2.36. The van der Waals surface area contributed by atoms with Crippen LogP contribution in [-0.2, 0) is 19.2 Å². The van der Waals surface area contributed by atoms with Gasteiger partial charge in [0.2, 0.25) is 23.6 Å². The molecule has 0 aromatic heterocycles. The van der Waals surface area contributed by atoms with Gasteiger partial charge in [-0.05, 0) is 70.5 Å². The number of hydrogen-bond donors (Lipinski definition) is 6. The molecule has 0 aromatic rings. The molecule has 0 fully saturated rings. The predicted octanol–water partition coefficient (Wildman–Crippen LogP) is 16.0. The Kier molecular flexibility index (Phi) is 62.1. The standard InChI is InChI=1S/C67H135N7O4/c1-5-9-13-17-21-25-29-33-37-41-52-70-64(75)47-58-68-56-45-63(46-57-69-59-48-65(76)71-53-42-38-34-30-26-22-18-14-10-6-2)49-60-74(61-50-66(77)72-54-43-39-35-31-27-23-19-15-11-7-3)62-51-67(78)73-55-44-40-36-32-28-24-20-16-12-8-4/h63,68-69H,5-62H2,1-4H3,(H,70,75)(H,71,76)(H,72,77)(H,73,78). The molecule has 78 heavy (non-hydrogen) atoms. The van der Waals surface area contributed by atoms with Crippen molar-refractivity contribution in [1.29, 1.82) is 0 Å². The Hall–Kier alpha value is -2.24. The maximum absolute atomic E-state index is 13.1. The molecule has 0 aliphatic carbocycles. The van der Waals surface area contributed by atoms with E-state index in [1.165, 1.54) is 231 Å². The highest BCUT2D eigenvalue weighted by atomic mass is 16.2. The smallest absolute Gasteiger partial charge is 0.221 e. The first kappa shape index (κ1) is 75.8. The van der Waals surface area contributed by atoms with Crippen molar-refractivity contribution in [3.8, 4) is 0 Å². The van der Waals surface area contributed by atoms with E-state index < -0.39 is 0 Å². The fourth-order valence-corrected chi connectivity index (χ4v) is 10.6. The van der Waals surface area contributed by atoms with Crippen LogP contribution in [0.3, 0.4) is 0 Å². The first-order valence-electron chi connectivity index (χ1n) is 34.6. The molecule has 6 N–H and O–H groups in total. The van der Waals surface area contributed by atoms with E-state index in [2.05, 4.69) is 64.5 Å². The van der Waals surface area contributed by atoms with Crippen molar-refractivity contribution in [1.82, 2.24) is 36.8 Å². The number of carbonyl (C=O) groups excluding carboxylic acids is 4. The quantitative estimate of drug-likeness (QED) is 0.0333. The minimum absolute atomic E-state index is 0.103. The summed E-state index contributed by atoms with van der Waals surface area (Å²) in [6.45, 7) is 17.2. The van der Waals surface area contributed by atoms with Crippen molar-refractivity contribution in [3.05, 3.63) is 0 Å². The van der Waals surface area contributed by atoms with Crippen LogP contribution in [-0.4, -0.2) is 101 Å². The zero-order valence-electron chi connectivity index (χ0n) is 52.7. The van der Waals surface area contributed by atoms with Crippen LogP contribution in [0.2, 0.25) is 0 Å². The second-order valence-corrected chi connectivity index (χ2v) is 23.7. The van der Waals surface area contributed by atoms with Gasteiger partial charge >= 0.3 is 0 Å². The van der Waals surface area contributed by atoms with Crippen LogP contribution in [0.4, 0.5) is 0 Å². The lowest BCUT2D eigenvalue weighted by molar-refractivity contribution is -0.122. The van der Waals surface area contributed by atoms with E-state index in [9.17, 15) is 19.2 Å². The minimum Gasteiger partial charge on any atom is -0.356 e. The molecule has 0 aliphatic rings. The second kappa shape index (κ2) is 63.9. The molecule has 462 valence electrons. The summed E-state index contributed by atoms with van der Waals surface area (Å²) >= 11 is 0. The zero-order chi connectivity index (χ0) is 56.7. The number of carbonyl (C=O) groups is 4. The molecule has 0 rings (SSSR count). The van der Waals surface area contributed by atoms with Gasteiger partial charge in [-0.25, -0.2) is 0 Å². The van der Waals surface area contributed by atoms with Gasteiger partial charge in [-0.2, -0.15) is 0 Å². The Morgan fingerprint density at radius 2 is 0.487 bits per heavy atom. The SMILES string of the molecule is CCCCCCCCCCCCNC(=O)CCNCCC(CCNCCC(=O)NCCCCCCCCCCCC)CCN(CCC(=O)NCCCCCCCCCCCC)CCC(=O)NCCCCCCCCCCCC. The summed E-state index contributed by atoms with van der Waals surface area (Å²) in [4.78, 5) is 53.9. The molecule has 0 saturated heterocycles. The second-order valence-electron chi connectivity index (χ2n) is 23.7. The molecule has 11 nitrogen and oxygen atoms in total. The number of nitrogens with zero attached hydrogens (tertiary/aromatic N) is 1. The van der Waals surface area contributed by atoms with Gasteiger partial charge in [-0.3, -0.25) is 19.2 Å². The van der Waals surface area contributed by atoms with E-state index >= 15 is 0 Å². The molecule has 11 heteroatoms. The maximum Gasteiger partial charge on any atom is 0.221 e. The fraction of sp³-hybridized carbons (Fsp3) is 0.940. The third-order valence-electron chi connectivity index (χ3n) is 16.1. The first-order valence-corrected chi connectivity index (χ1v) is 34.6. The molecular weight excluding hydrogens is 967 g/mol. The third kappa shape index (κ3) is 59.9. The first-order chi connectivity index (χ1) is 38.4. The van der Waals surface area contributed by atoms with Crippen LogP contribution in [0.15, 0.2) is 0 Å². The maximum atomic E-state index is 13.1. The van der Waals surface area contributed by atoms with Crippen LogP contribution in [0.25, 0.3) is 0 Å². The lowest BCUT2D eigenvalue weighted by Gasteiger charge is -2.25. The normalized spacial score (nSPS) is 11.5. The third-order valence-corrected chi connectivity index (χ3v) is 16.1. The highest BCUT2D eigenvalue weighted by molar-refractivity contribution is 5.77.